The molecule has 1 atom stereocenters. The molecule has 2 aliphatic rings. The predicted molar refractivity (Wildman–Crippen MR) is 271 cm³/mol. The van der Waals surface area contributed by atoms with Gasteiger partial charge >= 0.3 is 0 Å². The third-order valence-corrected chi connectivity index (χ3v) is 13.6. The van der Waals surface area contributed by atoms with E-state index in [0.29, 0.717) is 17.2 Å². The van der Waals surface area contributed by atoms with Crippen molar-refractivity contribution >= 4 is 38.6 Å². The van der Waals surface area contributed by atoms with Crippen LogP contribution < -0.4 is 14.4 Å². The third kappa shape index (κ3) is 5.98. The van der Waals surface area contributed by atoms with Crippen LogP contribution in [0.1, 0.15) is 22.3 Å². The Morgan fingerprint density at radius 1 is 0.318 bits per heavy atom. The van der Waals surface area contributed by atoms with Gasteiger partial charge in [-0.05, 0) is 126 Å². The zero-order chi connectivity index (χ0) is 43.6. The number of para-hydroxylation sites is 2. The van der Waals surface area contributed by atoms with Gasteiger partial charge in [-0.25, -0.2) is 0 Å². The number of fused-ring (bicyclic) bond motifs is 8. The largest absolute Gasteiger partial charge is 0.449 e. The highest BCUT2D eigenvalue weighted by Gasteiger charge is 2.48. The molecule has 66 heavy (non-hydrogen) atoms. The molecule has 0 spiro atoms. The molecule has 0 bridgehead atoms. The van der Waals surface area contributed by atoms with Crippen LogP contribution in [0.4, 0.5) is 17.1 Å². The lowest BCUT2D eigenvalue weighted by molar-refractivity contribution is 0.360. The highest BCUT2D eigenvalue weighted by Crippen LogP contribution is 2.62. The molecular weight excluding hydrogens is 803 g/mol. The van der Waals surface area contributed by atoms with Gasteiger partial charge in [0.15, 0.2) is 23.0 Å². The molecular formula is C63H41NO2. The molecule has 3 heteroatoms. The first-order chi connectivity index (χ1) is 32.7. The van der Waals surface area contributed by atoms with Crippen LogP contribution in [0.25, 0.3) is 54.9 Å². The average molecular weight is 844 g/mol. The lowest BCUT2D eigenvalue weighted by atomic mass is 9.67. The zero-order valence-electron chi connectivity index (χ0n) is 35.9. The molecule has 0 saturated carbocycles. The van der Waals surface area contributed by atoms with Crippen molar-refractivity contribution in [3.63, 3.8) is 0 Å². The lowest BCUT2D eigenvalue weighted by Crippen LogP contribution is -2.28. The maximum atomic E-state index is 6.84. The SMILES string of the molecule is c1ccc(-c2ccc(N(c3ccc(C4(c5ccc(-c6cccc7ccccc67)cc5)c5ccccc5-c5c4ccc4c5Oc5ccccc5O4)cc3)c3ccc4ccccc4c3)cc2)cc1. The molecule has 11 aromatic carbocycles. The maximum Gasteiger partial charge on any atom is 0.178 e. The summed E-state index contributed by atoms with van der Waals surface area (Å²) in [7, 11) is 0. The Morgan fingerprint density at radius 3 is 1.67 bits per heavy atom. The average Bonchev–Trinajstić information content (AvgIpc) is 3.70. The van der Waals surface area contributed by atoms with E-state index in [1.807, 2.05) is 24.3 Å². The fraction of sp³-hybridized carbons (Fsp3) is 0.0159. The van der Waals surface area contributed by atoms with Crippen molar-refractivity contribution < 1.29 is 9.47 Å². The van der Waals surface area contributed by atoms with Crippen molar-refractivity contribution in [2.45, 2.75) is 5.41 Å². The lowest BCUT2D eigenvalue weighted by Gasteiger charge is -2.35. The van der Waals surface area contributed by atoms with Crippen molar-refractivity contribution in [3.8, 4) is 56.4 Å². The predicted octanol–water partition coefficient (Wildman–Crippen LogP) is 17.1. The molecule has 3 nitrogen and oxygen atoms in total. The summed E-state index contributed by atoms with van der Waals surface area (Å²) >= 11 is 0. The minimum atomic E-state index is -0.692. The van der Waals surface area contributed by atoms with Crippen LogP contribution in [-0.4, -0.2) is 0 Å². The van der Waals surface area contributed by atoms with E-state index in [0.717, 1.165) is 45.1 Å². The fourth-order valence-electron chi connectivity index (χ4n) is 10.6. The highest BCUT2D eigenvalue weighted by molar-refractivity contribution is 5.97. The summed E-state index contributed by atoms with van der Waals surface area (Å²) in [6, 6.07) is 89.6. The van der Waals surface area contributed by atoms with Crippen LogP contribution in [0, 0.1) is 0 Å². The highest BCUT2D eigenvalue weighted by atomic mass is 16.6. The summed E-state index contributed by atoms with van der Waals surface area (Å²) in [6.07, 6.45) is 0. The second-order valence-electron chi connectivity index (χ2n) is 17.2. The molecule has 0 fully saturated rings. The van der Waals surface area contributed by atoms with E-state index < -0.39 is 5.41 Å². The minimum absolute atomic E-state index is 0.692. The summed E-state index contributed by atoms with van der Waals surface area (Å²) in [6.45, 7) is 0. The number of anilines is 3. The standard InChI is InChI=1S/C63H41NO2/c1-2-13-42(14-3-1)44-27-34-50(35-28-44)64(52-36-29-43-15-4-5-17-47(43)41-52)51-37-32-49(33-38-51)63(48-30-25-46(26-31-48)54-21-12-18-45-16-6-7-19-53(45)54)56-22-9-8-20-55(56)61-57(63)39-40-60-62(61)66-59-24-11-10-23-58(59)65-60/h1-41H. The summed E-state index contributed by atoms with van der Waals surface area (Å²) in [5, 5.41) is 4.87. The number of ether oxygens (including phenoxy) is 2. The second kappa shape index (κ2) is 15.3. The van der Waals surface area contributed by atoms with Crippen molar-refractivity contribution in [1.29, 1.82) is 0 Å². The van der Waals surface area contributed by atoms with E-state index in [1.165, 1.54) is 54.9 Å². The molecule has 1 heterocycles. The quantitative estimate of drug-likeness (QED) is 0.160. The molecule has 310 valence electrons. The van der Waals surface area contributed by atoms with Gasteiger partial charge in [0.05, 0.1) is 5.41 Å². The van der Waals surface area contributed by atoms with E-state index in [9.17, 15) is 0 Å². The molecule has 11 aromatic rings. The molecule has 1 aliphatic carbocycles. The van der Waals surface area contributed by atoms with Gasteiger partial charge < -0.3 is 14.4 Å². The van der Waals surface area contributed by atoms with Gasteiger partial charge in [0.1, 0.15) is 0 Å². The smallest absolute Gasteiger partial charge is 0.178 e. The van der Waals surface area contributed by atoms with E-state index in [2.05, 4.69) is 229 Å². The van der Waals surface area contributed by atoms with Gasteiger partial charge in [-0.2, -0.15) is 0 Å². The molecule has 1 unspecified atom stereocenters. The summed E-state index contributed by atoms with van der Waals surface area (Å²) in [5.74, 6) is 2.88. The molecule has 0 aromatic heterocycles. The van der Waals surface area contributed by atoms with Gasteiger partial charge in [-0.1, -0.05) is 194 Å². The Morgan fingerprint density at radius 2 is 0.879 bits per heavy atom. The van der Waals surface area contributed by atoms with Crippen molar-refractivity contribution in [2.24, 2.45) is 0 Å². The van der Waals surface area contributed by atoms with Gasteiger partial charge in [0, 0.05) is 22.6 Å². The number of hydrogen-bond acceptors (Lipinski definition) is 3. The number of benzene rings is 11. The van der Waals surface area contributed by atoms with Crippen LogP contribution in [0.15, 0.2) is 249 Å². The van der Waals surface area contributed by atoms with Crippen LogP contribution in [0.2, 0.25) is 0 Å². The number of nitrogens with zero attached hydrogens (tertiary/aromatic N) is 1. The van der Waals surface area contributed by atoms with Crippen LogP contribution in [-0.2, 0) is 5.41 Å². The van der Waals surface area contributed by atoms with Crippen molar-refractivity contribution in [1.82, 2.24) is 0 Å². The Balaban J connectivity index is 1.000. The number of rotatable bonds is 7. The maximum absolute atomic E-state index is 6.84. The summed E-state index contributed by atoms with van der Waals surface area (Å²) in [5.41, 5.74) is 14.2. The Labute approximate surface area is 384 Å². The fourth-order valence-corrected chi connectivity index (χ4v) is 10.6. The molecule has 0 N–H and O–H groups in total. The first-order valence-corrected chi connectivity index (χ1v) is 22.6. The van der Waals surface area contributed by atoms with E-state index >= 15 is 0 Å². The summed E-state index contributed by atoms with van der Waals surface area (Å²) < 4.78 is 13.4. The van der Waals surface area contributed by atoms with Gasteiger partial charge in [0.25, 0.3) is 0 Å². The van der Waals surface area contributed by atoms with Crippen LogP contribution in [0.3, 0.4) is 0 Å². The Kier molecular flexibility index (Phi) is 8.75. The van der Waals surface area contributed by atoms with E-state index in [-0.39, 0.29) is 0 Å². The number of hydrogen-bond donors (Lipinski definition) is 0. The first-order valence-electron chi connectivity index (χ1n) is 22.6. The third-order valence-electron chi connectivity index (χ3n) is 13.6. The van der Waals surface area contributed by atoms with Crippen molar-refractivity contribution in [2.75, 3.05) is 4.90 Å². The first kappa shape index (κ1) is 37.9. The Hall–Kier alpha value is -8.66. The monoisotopic (exact) mass is 843 g/mol. The zero-order valence-corrected chi connectivity index (χ0v) is 35.9. The van der Waals surface area contributed by atoms with E-state index in [1.54, 1.807) is 0 Å². The van der Waals surface area contributed by atoms with E-state index in [4.69, 9.17) is 9.47 Å². The molecule has 13 rings (SSSR count). The Bertz CT molecular complexity index is 3630. The normalized spacial score (nSPS) is 14.4. The van der Waals surface area contributed by atoms with Gasteiger partial charge in [-0.3, -0.25) is 0 Å². The molecule has 1 aliphatic heterocycles. The second-order valence-corrected chi connectivity index (χ2v) is 17.2. The topological polar surface area (TPSA) is 21.7 Å². The molecule has 0 saturated heterocycles. The molecule has 0 amide bonds. The molecule has 0 radical (unpaired) electrons. The van der Waals surface area contributed by atoms with Gasteiger partial charge in [-0.15, -0.1) is 0 Å². The van der Waals surface area contributed by atoms with Crippen LogP contribution in [0.5, 0.6) is 23.0 Å². The summed E-state index contributed by atoms with van der Waals surface area (Å²) in [4.78, 5) is 2.37. The van der Waals surface area contributed by atoms with Crippen LogP contribution >= 0.6 is 0 Å². The van der Waals surface area contributed by atoms with Gasteiger partial charge in [0.2, 0.25) is 0 Å². The van der Waals surface area contributed by atoms with Crippen molar-refractivity contribution in [3.05, 3.63) is 271 Å². The minimum Gasteiger partial charge on any atom is -0.449 e.